The van der Waals surface area contributed by atoms with Crippen LogP contribution in [0.25, 0.3) is 0 Å². The fourth-order valence-corrected chi connectivity index (χ4v) is 3.95. The smallest absolute Gasteiger partial charge is 0.175 e. The topological polar surface area (TPSA) is 43.0 Å². The third kappa shape index (κ3) is 7.23. The molecular formula is C23H30BrFN2O3. The van der Waals surface area contributed by atoms with E-state index in [0.717, 1.165) is 68.0 Å². The van der Waals surface area contributed by atoms with Gasteiger partial charge < -0.3 is 19.5 Å². The number of nitrogens with one attached hydrogen (secondary N) is 1. The summed E-state index contributed by atoms with van der Waals surface area (Å²) in [6, 6.07) is 10.4. The molecule has 0 aromatic heterocycles. The molecule has 0 unspecified atom stereocenters. The van der Waals surface area contributed by atoms with E-state index in [4.69, 9.17) is 14.2 Å². The number of morpholine rings is 1. The standard InChI is InChI=1S/C23H30BrFN2O3/c1-2-29-22-15-19(16-26-8-3-9-27-10-12-28-13-11-27)14-21(24)23(22)30-17-18-4-6-20(25)7-5-18/h4-7,14-15,26H,2-3,8-13,16-17H2,1H3. The molecule has 2 aromatic rings. The molecule has 1 heterocycles. The van der Waals surface area contributed by atoms with E-state index >= 15 is 0 Å². The summed E-state index contributed by atoms with van der Waals surface area (Å²) in [5.41, 5.74) is 2.03. The third-order valence-electron chi connectivity index (χ3n) is 4.93. The summed E-state index contributed by atoms with van der Waals surface area (Å²) < 4.78 is 31.1. The van der Waals surface area contributed by atoms with E-state index in [1.54, 1.807) is 12.1 Å². The third-order valence-corrected chi connectivity index (χ3v) is 5.52. The van der Waals surface area contributed by atoms with Gasteiger partial charge in [0.05, 0.1) is 24.3 Å². The van der Waals surface area contributed by atoms with Gasteiger partial charge in [-0.3, -0.25) is 4.90 Å². The van der Waals surface area contributed by atoms with E-state index in [1.165, 1.54) is 12.1 Å². The molecule has 1 saturated heterocycles. The van der Waals surface area contributed by atoms with Gasteiger partial charge in [0.2, 0.25) is 0 Å². The van der Waals surface area contributed by atoms with E-state index in [2.05, 4.69) is 32.2 Å². The second kappa shape index (κ2) is 12.2. The summed E-state index contributed by atoms with van der Waals surface area (Å²) in [7, 11) is 0. The zero-order valence-corrected chi connectivity index (χ0v) is 19.0. The lowest BCUT2D eigenvalue weighted by molar-refractivity contribution is 0.0374. The number of benzene rings is 2. The molecule has 1 aliphatic rings. The maximum atomic E-state index is 13.1. The van der Waals surface area contributed by atoms with Crippen LogP contribution in [-0.4, -0.2) is 50.9 Å². The van der Waals surface area contributed by atoms with Crippen molar-refractivity contribution in [3.05, 3.63) is 57.8 Å². The van der Waals surface area contributed by atoms with Gasteiger partial charge in [0.1, 0.15) is 12.4 Å². The average molecular weight is 481 g/mol. The Kier molecular flexibility index (Phi) is 9.39. The molecule has 30 heavy (non-hydrogen) atoms. The van der Waals surface area contributed by atoms with Crippen molar-refractivity contribution in [3.63, 3.8) is 0 Å². The molecule has 1 fully saturated rings. The maximum absolute atomic E-state index is 13.1. The molecule has 5 nitrogen and oxygen atoms in total. The number of nitrogens with zero attached hydrogens (tertiary/aromatic N) is 1. The Morgan fingerprint density at radius 3 is 2.60 bits per heavy atom. The van der Waals surface area contributed by atoms with Gasteiger partial charge >= 0.3 is 0 Å². The molecule has 0 saturated carbocycles. The van der Waals surface area contributed by atoms with Crippen molar-refractivity contribution < 1.29 is 18.6 Å². The summed E-state index contributed by atoms with van der Waals surface area (Å²) in [5.74, 6) is 1.12. The summed E-state index contributed by atoms with van der Waals surface area (Å²) in [5, 5.41) is 3.51. The molecule has 2 aromatic carbocycles. The van der Waals surface area contributed by atoms with E-state index in [1.807, 2.05) is 13.0 Å². The summed E-state index contributed by atoms with van der Waals surface area (Å²) >= 11 is 3.62. The molecule has 0 radical (unpaired) electrons. The SMILES string of the molecule is CCOc1cc(CNCCCN2CCOCC2)cc(Br)c1OCc1ccc(F)cc1. The monoisotopic (exact) mass is 480 g/mol. The fourth-order valence-electron chi connectivity index (χ4n) is 3.35. The maximum Gasteiger partial charge on any atom is 0.175 e. The van der Waals surface area contributed by atoms with Crippen LogP contribution in [0.4, 0.5) is 4.39 Å². The van der Waals surface area contributed by atoms with Crippen molar-refractivity contribution in [2.75, 3.05) is 46.0 Å². The van der Waals surface area contributed by atoms with Crippen LogP contribution in [0.15, 0.2) is 40.9 Å². The first-order valence-corrected chi connectivity index (χ1v) is 11.3. The molecule has 7 heteroatoms. The number of rotatable bonds is 11. The van der Waals surface area contributed by atoms with Crippen molar-refractivity contribution in [2.45, 2.75) is 26.5 Å². The van der Waals surface area contributed by atoms with Crippen molar-refractivity contribution in [2.24, 2.45) is 0 Å². The van der Waals surface area contributed by atoms with E-state index < -0.39 is 0 Å². The fraction of sp³-hybridized carbons (Fsp3) is 0.478. The molecular weight excluding hydrogens is 451 g/mol. The lowest BCUT2D eigenvalue weighted by atomic mass is 10.2. The van der Waals surface area contributed by atoms with Crippen LogP contribution in [0.1, 0.15) is 24.5 Å². The Balaban J connectivity index is 1.52. The Labute approximate surface area is 186 Å². The van der Waals surface area contributed by atoms with Gasteiger partial charge in [-0.05, 0) is 77.8 Å². The molecule has 0 atom stereocenters. The molecule has 1 N–H and O–H groups in total. The van der Waals surface area contributed by atoms with Gasteiger partial charge in [0, 0.05) is 19.6 Å². The first-order chi connectivity index (χ1) is 14.7. The van der Waals surface area contributed by atoms with Gasteiger partial charge in [0.15, 0.2) is 11.5 Å². The van der Waals surface area contributed by atoms with Crippen LogP contribution in [-0.2, 0) is 17.9 Å². The largest absolute Gasteiger partial charge is 0.490 e. The highest BCUT2D eigenvalue weighted by molar-refractivity contribution is 9.10. The molecule has 0 bridgehead atoms. The van der Waals surface area contributed by atoms with Crippen LogP contribution in [0.3, 0.4) is 0 Å². The highest BCUT2D eigenvalue weighted by atomic mass is 79.9. The van der Waals surface area contributed by atoms with Crippen molar-refractivity contribution in [1.82, 2.24) is 10.2 Å². The zero-order chi connectivity index (χ0) is 21.2. The van der Waals surface area contributed by atoms with E-state index in [-0.39, 0.29) is 5.82 Å². The van der Waals surface area contributed by atoms with Crippen LogP contribution in [0, 0.1) is 5.82 Å². The highest BCUT2D eigenvalue weighted by Crippen LogP contribution is 2.37. The predicted molar refractivity (Wildman–Crippen MR) is 120 cm³/mol. The predicted octanol–water partition coefficient (Wildman–Crippen LogP) is 4.38. The summed E-state index contributed by atoms with van der Waals surface area (Å²) in [6.45, 7) is 9.42. The number of ether oxygens (including phenoxy) is 3. The Bertz CT molecular complexity index is 783. The Hall–Kier alpha value is -1.67. The molecule has 0 spiro atoms. The zero-order valence-electron chi connectivity index (χ0n) is 17.5. The highest BCUT2D eigenvalue weighted by Gasteiger charge is 2.13. The van der Waals surface area contributed by atoms with E-state index in [9.17, 15) is 4.39 Å². The summed E-state index contributed by atoms with van der Waals surface area (Å²) in [6.07, 6.45) is 1.11. The normalized spacial score (nSPS) is 14.6. The second-order valence-electron chi connectivity index (χ2n) is 7.24. The van der Waals surface area contributed by atoms with Crippen LogP contribution in [0.5, 0.6) is 11.5 Å². The van der Waals surface area contributed by atoms with Crippen molar-refractivity contribution in [1.29, 1.82) is 0 Å². The number of hydrogen-bond donors (Lipinski definition) is 1. The molecule has 3 rings (SSSR count). The van der Waals surface area contributed by atoms with Gasteiger partial charge in [0.25, 0.3) is 0 Å². The average Bonchev–Trinajstić information content (AvgIpc) is 2.75. The number of halogens is 2. The van der Waals surface area contributed by atoms with Gasteiger partial charge in [-0.2, -0.15) is 0 Å². The van der Waals surface area contributed by atoms with Crippen molar-refractivity contribution >= 4 is 15.9 Å². The molecule has 164 valence electrons. The molecule has 0 aliphatic carbocycles. The van der Waals surface area contributed by atoms with Gasteiger partial charge in [-0.1, -0.05) is 12.1 Å². The van der Waals surface area contributed by atoms with Crippen LogP contribution >= 0.6 is 15.9 Å². The lowest BCUT2D eigenvalue weighted by Crippen LogP contribution is -2.37. The quantitative estimate of drug-likeness (QED) is 0.483. The van der Waals surface area contributed by atoms with Crippen LogP contribution < -0.4 is 14.8 Å². The number of hydrogen-bond acceptors (Lipinski definition) is 5. The summed E-state index contributed by atoms with van der Waals surface area (Å²) in [4.78, 5) is 2.45. The minimum Gasteiger partial charge on any atom is -0.490 e. The van der Waals surface area contributed by atoms with Crippen molar-refractivity contribution in [3.8, 4) is 11.5 Å². The minimum absolute atomic E-state index is 0.253. The van der Waals surface area contributed by atoms with Gasteiger partial charge in [-0.25, -0.2) is 4.39 Å². The Morgan fingerprint density at radius 1 is 1.10 bits per heavy atom. The van der Waals surface area contributed by atoms with Gasteiger partial charge in [-0.15, -0.1) is 0 Å². The van der Waals surface area contributed by atoms with Crippen LogP contribution in [0.2, 0.25) is 0 Å². The Morgan fingerprint density at radius 2 is 1.87 bits per heavy atom. The van der Waals surface area contributed by atoms with E-state index in [0.29, 0.717) is 24.7 Å². The first-order valence-electron chi connectivity index (χ1n) is 10.5. The molecule has 0 amide bonds. The molecule has 1 aliphatic heterocycles. The lowest BCUT2D eigenvalue weighted by Gasteiger charge is -2.26. The second-order valence-corrected chi connectivity index (χ2v) is 8.09. The minimum atomic E-state index is -0.253. The first kappa shape index (κ1) is 23.0.